The number of rotatable bonds is 4. The van der Waals surface area contributed by atoms with E-state index in [2.05, 4.69) is 12.1 Å². The van der Waals surface area contributed by atoms with Crippen LogP contribution in [0.2, 0.25) is 0 Å². The highest BCUT2D eigenvalue weighted by atomic mass is 16.4. The van der Waals surface area contributed by atoms with Gasteiger partial charge in [-0.3, -0.25) is 9.36 Å². The number of nitrogens with zero attached hydrogens (tertiary/aromatic N) is 2. The summed E-state index contributed by atoms with van der Waals surface area (Å²) in [6.45, 7) is 0.780. The average Bonchev–Trinajstić information content (AvgIpc) is 3.21. The summed E-state index contributed by atoms with van der Waals surface area (Å²) in [6.07, 6.45) is 2.86. The van der Waals surface area contributed by atoms with Gasteiger partial charge in [0.05, 0.1) is 5.52 Å². The normalized spacial score (nSPS) is 17.3. The molecule has 1 atom stereocenters. The third kappa shape index (κ3) is 3.09. The van der Waals surface area contributed by atoms with Gasteiger partial charge in [0.15, 0.2) is 5.58 Å². The Morgan fingerprint density at radius 3 is 2.68 bits per heavy atom. The van der Waals surface area contributed by atoms with E-state index in [1.54, 1.807) is 12.1 Å². The highest BCUT2D eigenvalue weighted by Gasteiger charge is 2.29. The number of para-hydroxylation sites is 2. The molecule has 1 aliphatic rings. The van der Waals surface area contributed by atoms with Gasteiger partial charge in [0.1, 0.15) is 6.54 Å². The fourth-order valence-electron chi connectivity index (χ4n) is 3.65. The Kier molecular flexibility index (Phi) is 4.14. The van der Waals surface area contributed by atoms with Crippen molar-refractivity contribution in [2.75, 3.05) is 6.54 Å². The molecule has 1 fully saturated rings. The van der Waals surface area contributed by atoms with Crippen LogP contribution in [0.5, 0.6) is 0 Å². The van der Waals surface area contributed by atoms with E-state index in [4.69, 9.17) is 4.42 Å². The second kappa shape index (κ2) is 6.59. The van der Waals surface area contributed by atoms with E-state index in [-0.39, 0.29) is 18.5 Å². The highest BCUT2D eigenvalue weighted by Crippen LogP contribution is 2.22. The molecule has 0 N–H and O–H groups in total. The van der Waals surface area contributed by atoms with Gasteiger partial charge in [-0.2, -0.15) is 0 Å². The van der Waals surface area contributed by atoms with E-state index < -0.39 is 5.76 Å². The van der Waals surface area contributed by atoms with Crippen LogP contribution in [0.15, 0.2) is 63.8 Å². The minimum Gasteiger partial charge on any atom is -0.408 e. The van der Waals surface area contributed by atoms with E-state index in [0.717, 1.165) is 25.8 Å². The molecule has 2 heterocycles. The summed E-state index contributed by atoms with van der Waals surface area (Å²) in [6, 6.07) is 17.6. The molecule has 3 aromatic rings. The molecule has 1 saturated heterocycles. The zero-order valence-electron chi connectivity index (χ0n) is 13.9. The number of fused-ring (bicyclic) bond motifs is 1. The van der Waals surface area contributed by atoms with E-state index in [1.807, 2.05) is 35.2 Å². The molecule has 5 heteroatoms. The molecule has 1 amide bonds. The monoisotopic (exact) mass is 336 g/mol. The Morgan fingerprint density at radius 1 is 1.08 bits per heavy atom. The first-order valence-electron chi connectivity index (χ1n) is 8.64. The Balaban J connectivity index is 1.53. The van der Waals surface area contributed by atoms with Gasteiger partial charge < -0.3 is 9.32 Å². The summed E-state index contributed by atoms with van der Waals surface area (Å²) in [5, 5.41) is 0. The Bertz CT molecular complexity index is 942. The lowest BCUT2D eigenvalue weighted by atomic mass is 10.0. The van der Waals surface area contributed by atoms with Crippen molar-refractivity contribution in [2.24, 2.45) is 0 Å². The van der Waals surface area contributed by atoms with E-state index in [9.17, 15) is 9.59 Å². The van der Waals surface area contributed by atoms with Crippen molar-refractivity contribution in [3.8, 4) is 0 Å². The van der Waals surface area contributed by atoms with E-state index in [0.29, 0.717) is 11.1 Å². The molecular weight excluding hydrogens is 316 g/mol. The van der Waals surface area contributed by atoms with Crippen LogP contribution in [0.1, 0.15) is 18.4 Å². The third-order valence-electron chi connectivity index (χ3n) is 4.88. The van der Waals surface area contributed by atoms with Crippen LogP contribution in [-0.4, -0.2) is 28.0 Å². The van der Waals surface area contributed by atoms with Gasteiger partial charge in [-0.15, -0.1) is 0 Å². The molecule has 1 aromatic heterocycles. The summed E-state index contributed by atoms with van der Waals surface area (Å²) in [4.78, 5) is 26.8. The van der Waals surface area contributed by atoms with Crippen molar-refractivity contribution in [1.82, 2.24) is 9.47 Å². The van der Waals surface area contributed by atoms with Gasteiger partial charge in [-0.1, -0.05) is 42.5 Å². The lowest BCUT2D eigenvalue weighted by molar-refractivity contribution is -0.132. The van der Waals surface area contributed by atoms with Crippen molar-refractivity contribution >= 4 is 17.0 Å². The molecule has 4 rings (SSSR count). The summed E-state index contributed by atoms with van der Waals surface area (Å²) >= 11 is 0. The minimum absolute atomic E-state index is 0.0212. The van der Waals surface area contributed by atoms with Crippen LogP contribution in [0.4, 0.5) is 0 Å². The molecule has 0 aliphatic carbocycles. The number of oxazole rings is 1. The summed E-state index contributed by atoms with van der Waals surface area (Å²) in [5.41, 5.74) is 2.42. The standard InChI is InChI=1S/C20H20N2O3/c23-19(14-22-17-10-4-5-11-18(17)25-20(22)24)21-12-6-9-16(21)13-15-7-2-1-3-8-15/h1-5,7-8,10-11,16H,6,9,12-14H2/t16-/m1/s1. The van der Waals surface area contributed by atoms with Crippen LogP contribution in [-0.2, 0) is 17.8 Å². The van der Waals surface area contributed by atoms with Crippen molar-refractivity contribution in [1.29, 1.82) is 0 Å². The Hall–Kier alpha value is -2.82. The van der Waals surface area contributed by atoms with Crippen LogP contribution in [0, 0.1) is 0 Å². The van der Waals surface area contributed by atoms with Gasteiger partial charge in [-0.25, -0.2) is 4.79 Å². The number of carbonyl (C=O) groups excluding carboxylic acids is 1. The van der Waals surface area contributed by atoms with Crippen molar-refractivity contribution < 1.29 is 9.21 Å². The maximum Gasteiger partial charge on any atom is 0.420 e. The minimum atomic E-state index is -0.478. The van der Waals surface area contributed by atoms with Crippen LogP contribution < -0.4 is 5.76 Å². The zero-order chi connectivity index (χ0) is 17.2. The first-order valence-corrected chi connectivity index (χ1v) is 8.64. The Morgan fingerprint density at radius 2 is 1.84 bits per heavy atom. The molecule has 2 aromatic carbocycles. The summed E-state index contributed by atoms with van der Waals surface area (Å²) in [5.74, 6) is -0.500. The van der Waals surface area contributed by atoms with Gasteiger partial charge in [-0.05, 0) is 37.0 Å². The van der Waals surface area contributed by atoms with Crippen LogP contribution in [0.3, 0.4) is 0 Å². The largest absolute Gasteiger partial charge is 0.420 e. The number of benzene rings is 2. The van der Waals surface area contributed by atoms with E-state index in [1.165, 1.54) is 10.1 Å². The number of hydrogen-bond donors (Lipinski definition) is 0. The second-order valence-electron chi connectivity index (χ2n) is 6.49. The van der Waals surface area contributed by atoms with Crippen molar-refractivity contribution in [2.45, 2.75) is 31.8 Å². The molecule has 0 bridgehead atoms. The van der Waals surface area contributed by atoms with Gasteiger partial charge in [0.2, 0.25) is 5.91 Å². The molecule has 0 saturated carbocycles. The third-order valence-corrected chi connectivity index (χ3v) is 4.88. The van der Waals surface area contributed by atoms with Gasteiger partial charge in [0.25, 0.3) is 0 Å². The van der Waals surface area contributed by atoms with Crippen molar-refractivity contribution in [3.05, 3.63) is 70.7 Å². The SMILES string of the molecule is O=C(Cn1c(=O)oc2ccccc21)N1CCC[C@@H]1Cc1ccccc1. The highest BCUT2D eigenvalue weighted by molar-refractivity contribution is 5.80. The lowest BCUT2D eigenvalue weighted by Gasteiger charge is -2.25. The first-order chi connectivity index (χ1) is 12.2. The van der Waals surface area contributed by atoms with Crippen LogP contribution >= 0.6 is 0 Å². The number of hydrogen-bond acceptors (Lipinski definition) is 3. The predicted molar refractivity (Wildman–Crippen MR) is 95.4 cm³/mol. The van der Waals surface area contributed by atoms with Gasteiger partial charge >= 0.3 is 5.76 Å². The number of likely N-dealkylation sites (tertiary alicyclic amines) is 1. The number of carbonyl (C=O) groups is 1. The molecule has 5 nitrogen and oxygen atoms in total. The first kappa shape index (κ1) is 15.7. The summed E-state index contributed by atoms with van der Waals surface area (Å²) < 4.78 is 6.65. The molecule has 0 spiro atoms. The number of aromatic nitrogens is 1. The molecule has 1 aliphatic heterocycles. The fraction of sp³-hybridized carbons (Fsp3) is 0.300. The smallest absolute Gasteiger partial charge is 0.408 e. The topological polar surface area (TPSA) is 55.5 Å². The maximum absolute atomic E-state index is 12.8. The molecule has 128 valence electrons. The molecule has 25 heavy (non-hydrogen) atoms. The Labute approximate surface area is 145 Å². The van der Waals surface area contributed by atoms with Crippen molar-refractivity contribution in [3.63, 3.8) is 0 Å². The fourth-order valence-corrected chi connectivity index (χ4v) is 3.65. The second-order valence-corrected chi connectivity index (χ2v) is 6.49. The van der Waals surface area contributed by atoms with E-state index >= 15 is 0 Å². The lowest BCUT2D eigenvalue weighted by Crippen LogP contribution is -2.40. The molecular formula is C20H20N2O3. The number of amides is 1. The maximum atomic E-state index is 12.8. The van der Waals surface area contributed by atoms with Gasteiger partial charge in [0, 0.05) is 12.6 Å². The molecule has 0 radical (unpaired) electrons. The molecule has 0 unspecified atom stereocenters. The quantitative estimate of drug-likeness (QED) is 0.736. The predicted octanol–water partition coefficient (Wildman–Crippen LogP) is 2.83. The average molecular weight is 336 g/mol. The summed E-state index contributed by atoms with van der Waals surface area (Å²) in [7, 11) is 0. The van der Waals surface area contributed by atoms with Crippen LogP contribution in [0.25, 0.3) is 11.1 Å². The zero-order valence-corrected chi connectivity index (χ0v) is 13.9.